The molecule has 0 amide bonds. The molecule has 0 saturated carbocycles. The number of halogens is 5. The maximum absolute atomic E-state index is 13.7. The zero-order valence-corrected chi connectivity index (χ0v) is 12.0. The maximum atomic E-state index is 13.7. The Labute approximate surface area is 121 Å². The van der Waals surface area contributed by atoms with E-state index in [9.17, 15) is 17.6 Å². The van der Waals surface area contributed by atoms with E-state index in [1.165, 1.54) is 12.1 Å². The van der Waals surface area contributed by atoms with Gasteiger partial charge in [0, 0.05) is 23.0 Å². The van der Waals surface area contributed by atoms with Gasteiger partial charge in [-0.3, -0.25) is 0 Å². The van der Waals surface area contributed by atoms with Crippen molar-refractivity contribution in [2.24, 2.45) is 0 Å². The molecule has 1 unspecified atom stereocenters. The van der Waals surface area contributed by atoms with E-state index in [1.54, 1.807) is 6.07 Å². The van der Waals surface area contributed by atoms with Crippen LogP contribution in [0.4, 0.5) is 17.6 Å². The number of hydrogen-bond donors (Lipinski definition) is 1. The van der Waals surface area contributed by atoms with Crippen molar-refractivity contribution in [2.75, 3.05) is 6.54 Å². The van der Waals surface area contributed by atoms with Crippen LogP contribution in [-0.2, 0) is 6.42 Å². The first-order chi connectivity index (χ1) is 9.33. The van der Waals surface area contributed by atoms with Gasteiger partial charge in [-0.1, -0.05) is 24.6 Å². The third-order valence-corrected chi connectivity index (χ3v) is 3.37. The molecule has 0 aliphatic heterocycles. The summed E-state index contributed by atoms with van der Waals surface area (Å²) in [7, 11) is 0. The summed E-state index contributed by atoms with van der Waals surface area (Å²) < 4.78 is 50.1. The smallest absolute Gasteiger partial charge is 0.314 e. The predicted octanol–water partition coefficient (Wildman–Crippen LogP) is 4.73. The molecule has 1 aromatic carbocycles. The molecule has 1 N–H and O–H groups in total. The molecule has 0 aromatic heterocycles. The third-order valence-electron chi connectivity index (χ3n) is 3.02. The molecule has 0 saturated heterocycles. The second kappa shape index (κ2) is 7.84. The highest BCUT2D eigenvalue weighted by atomic mass is 35.5. The molecule has 1 rings (SSSR count). The lowest BCUT2D eigenvalue weighted by atomic mass is 10.00. The number of likely N-dealkylation sites (N-methyl/N-ethyl adjacent to an activating group) is 1. The maximum Gasteiger partial charge on any atom is 0.389 e. The van der Waals surface area contributed by atoms with E-state index >= 15 is 0 Å². The Morgan fingerprint density at radius 1 is 1.30 bits per heavy atom. The summed E-state index contributed by atoms with van der Waals surface area (Å²) in [5.41, 5.74) is 0.354. The van der Waals surface area contributed by atoms with Crippen LogP contribution < -0.4 is 5.32 Å². The van der Waals surface area contributed by atoms with Crippen LogP contribution in [0.25, 0.3) is 0 Å². The zero-order chi connectivity index (χ0) is 15.2. The van der Waals surface area contributed by atoms with Crippen LogP contribution in [0.15, 0.2) is 18.2 Å². The number of rotatable bonds is 7. The molecule has 0 aliphatic carbocycles. The first kappa shape index (κ1) is 17.2. The predicted molar refractivity (Wildman–Crippen MR) is 72.5 cm³/mol. The summed E-state index contributed by atoms with van der Waals surface area (Å²) in [6, 6.07) is 4.18. The van der Waals surface area contributed by atoms with Crippen molar-refractivity contribution >= 4 is 11.6 Å². The fourth-order valence-corrected chi connectivity index (χ4v) is 2.33. The normalized spacial score (nSPS) is 13.5. The van der Waals surface area contributed by atoms with E-state index in [4.69, 9.17) is 11.6 Å². The molecule has 0 spiro atoms. The van der Waals surface area contributed by atoms with Crippen molar-refractivity contribution in [3.05, 3.63) is 34.6 Å². The Kier molecular flexibility index (Phi) is 6.76. The summed E-state index contributed by atoms with van der Waals surface area (Å²) in [5, 5.41) is 3.39. The van der Waals surface area contributed by atoms with Gasteiger partial charge >= 0.3 is 6.18 Å². The van der Waals surface area contributed by atoms with E-state index in [0.29, 0.717) is 23.6 Å². The highest BCUT2D eigenvalue weighted by molar-refractivity contribution is 6.31. The minimum absolute atomic E-state index is 0.0211. The molecule has 6 heteroatoms. The Morgan fingerprint density at radius 3 is 2.55 bits per heavy atom. The number of nitrogens with one attached hydrogen (secondary N) is 1. The van der Waals surface area contributed by atoms with Gasteiger partial charge in [0.25, 0.3) is 0 Å². The molecular formula is C14H18ClF4N. The lowest BCUT2D eigenvalue weighted by Gasteiger charge is -2.19. The highest BCUT2D eigenvalue weighted by Gasteiger charge is 2.26. The molecule has 1 nitrogen and oxygen atoms in total. The molecule has 0 heterocycles. The Bertz CT molecular complexity index is 400. The Balaban J connectivity index is 2.63. The first-order valence-electron chi connectivity index (χ1n) is 6.56. The van der Waals surface area contributed by atoms with Gasteiger partial charge in [-0.2, -0.15) is 13.2 Å². The van der Waals surface area contributed by atoms with Crippen LogP contribution in [0.3, 0.4) is 0 Å². The van der Waals surface area contributed by atoms with Crippen LogP contribution >= 0.6 is 11.6 Å². The number of alkyl halides is 3. The van der Waals surface area contributed by atoms with Crippen LogP contribution in [0.1, 0.15) is 31.7 Å². The highest BCUT2D eigenvalue weighted by Crippen LogP contribution is 2.25. The molecule has 0 fully saturated rings. The van der Waals surface area contributed by atoms with E-state index in [2.05, 4.69) is 5.32 Å². The fourth-order valence-electron chi connectivity index (χ4n) is 2.09. The summed E-state index contributed by atoms with van der Waals surface area (Å²) >= 11 is 5.93. The van der Waals surface area contributed by atoms with Crippen LogP contribution in [0, 0.1) is 5.82 Å². The zero-order valence-electron chi connectivity index (χ0n) is 11.2. The standard InChI is InChI=1S/C14H18ClF4N/c1-2-20-10(5-4-8-14(17,18)19)9-11-12(15)6-3-7-13(11)16/h3,6-7,10,20H,2,4-5,8-9H2,1H3. The minimum Gasteiger partial charge on any atom is -0.314 e. The van der Waals surface area contributed by atoms with Gasteiger partial charge in [-0.25, -0.2) is 4.39 Å². The van der Waals surface area contributed by atoms with Crippen molar-refractivity contribution in [1.82, 2.24) is 5.32 Å². The monoisotopic (exact) mass is 311 g/mol. The van der Waals surface area contributed by atoms with Crippen LogP contribution in [-0.4, -0.2) is 18.8 Å². The van der Waals surface area contributed by atoms with E-state index in [-0.39, 0.29) is 18.9 Å². The molecule has 0 bridgehead atoms. The summed E-state index contributed by atoms with van der Waals surface area (Å²) in [4.78, 5) is 0. The van der Waals surface area contributed by atoms with Gasteiger partial charge < -0.3 is 5.32 Å². The largest absolute Gasteiger partial charge is 0.389 e. The van der Waals surface area contributed by atoms with Crippen molar-refractivity contribution in [3.63, 3.8) is 0 Å². The van der Waals surface area contributed by atoms with Crippen molar-refractivity contribution < 1.29 is 17.6 Å². The molecule has 114 valence electrons. The lowest BCUT2D eigenvalue weighted by Crippen LogP contribution is -2.31. The quantitative estimate of drug-likeness (QED) is 0.718. The van der Waals surface area contributed by atoms with E-state index in [0.717, 1.165) is 0 Å². The summed E-state index contributed by atoms with van der Waals surface area (Å²) in [6.45, 7) is 2.47. The second-order valence-electron chi connectivity index (χ2n) is 4.67. The van der Waals surface area contributed by atoms with Crippen molar-refractivity contribution in [1.29, 1.82) is 0 Å². The fraction of sp³-hybridized carbons (Fsp3) is 0.571. The number of benzene rings is 1. The average molecular weight is 312 g/mol. The van der Waals surface area contributed by atoms with Gasteiger partial charge in [0.1, 0.15) is 5.82 Å². The molecule has 1 atom stereocenters. The number of hydrogen-bond acceptors (Lipinski definition) is 1. The van der Waals surface area contributed by atoms with E-state index in [1.807, 2.05) is 6.92 Å². The first-order valence-corrected chi connectivity index (χ1v) is 6.94. The SMILES string of the molecule is CCNC(CCCC(F)(F)F)Cc1c(F)cccc1Cl. The van der Waals surface area contributed by atoms with E-state index < -0.39 is 18.4 Å². The topological polar surface area (TPSA) is 12.0 Å². The third kappa shape index (κ3) is 6.09. The van der Waals surface area contributed by atoms with Crippen LogP contribution in [0.2, 0.25) is 5.02 Å². The van der Waals surface area contributed by atoms with Gasteiger partial charge in [-0.05, 0) is 37.9 Å². The van der Waals surface area contributed by atoms with Crippen molar-refractivity contribution in [3.8, 4) is 0 Å². The van der Waals surface area contributed by atoms with Gasteiger partial charge in [0.05, 0.1) is 0 Å². The van der Waals surface area contributed by atoms with Gasteiger partial charge in [0.2, 0.25) is 0 Å². The molecule has 20 heavy (non-hydrogen) atoms. The van der Waals surface area contributed by atoms with Gasteiger partial charge in [0.15, 0.2) is 0 Å². The average Bonchev–Trinajstić information content (AvgIpc) is 2.32. The van der Waals surface area contributed by atoms with Gasteiger partial charge in [-0.15, -0.1) is 0 Å². The Morgan fingerprint density at radius 2 is 2.00 bits per heavy atom. The summed E-state index contributed by atoms with van der Waals surface area (Å²) in [6.07, 6.45) is -4.32. The molecule has 0 aliphatic rings. The second-order valence-corrected chi connectivity index (χ2v) is 5.07. The molecule has 0 radical (unpaired) electrons. The minimum atomic E-state index is -4.15. The Hall–Kier alpha value is -0.810. The van der Waals surface area contributed by atoms with Crippen LogP contribution in [0.5, 0.6) is 0 Å². The molecule has 1 aromatic rings. The van der Waals surface area contributed by atoms with Crippen molar-refractivity contribution in [2.45, 2.75) is 44.8 Å². The summed E-state index contributed by atoms with van der Waals surface area (Å²) in [5.74, 6) is -0.420. The lowest BCUT2D eigenvalue weighted by molar-refractivity contribution is -0.135. The molecular weight excluding hydrogens is 294 g/mol.